The maximum Gasteiger partial charge on any atom is 0.217 e. The minimum absolute atomic E-state index is 0.140. The quantitative estimate of drug-likeness (QED) is 0.822. The molecule has 19 heavy (non-hydrogen) atoms. The Hall–Kier alpha value is -0.920. The fourth-order valence-electron chi connectivity index (χ4n) is 1.82. The van der Waals surface area contributed by atoms with Crippen LogP contribution in [0, 0.1) is 0 Å². The van der Waals surface area contributed by atoms with E-state index in [2.05, 4.69) is 5.32 Å². The van der Waals surface area contributed by atoms with E-state index in [0.717, 1.165) is 18.4 Å². The lowest BCUT2D eigenvalue weighted by Crippen LogP contribution is -2.39. The van der Waals surface area contributed by atoms with Crippen LogP contribution >= 0.6 is 11.3 Å². The third-order valence-corrected chi connectivity index (χ3v) is 6.06. The number of thiophene rings is 1. The second-order valence-electron chi connectivity index (χ2n) is 4.69. The Morgan fingerprint density at radius 3 is 2.79 bits per heavy atom. The molecule has 1 aromatic heterocycles. The summed E-state index contributed by atoms with van der Waals surface area (Å²) < 4.78 is 26.1. The van der Waals surface area contributed by atoms with Crippen molar-refractivity contribution in [3.8, 4) is 0 Å². The Balaban J connectivity index is 2.02. The van der Waals surface area contributed by atoms with Gasteiger partial charge in [0.15, 0.2) is 0 Å². The van der Waals surface area contributed by atoms with E-state index in [9.17, 15) is 13.2 Å². The zero-order valence-electron chi connectivity index (χ0n) is 10.8. The van der Waals surface area contributed by atoms with Crippen molar-refractivity contribution in [2.75, 3.05) is 13.1 Å². The van der Waals surface area contributed by atoms with Crippen LogP contribution in [0.2, 0.25) is 0 Å². The summed E-state index contributed by atoms with van der Waals surface area (Å²) in [7, 11) is -3.22. The molecular weight excluding hydrogens is 284 g/mol. The standard InChI is InChI=1S/C12H18N2O3S2/c1-10(15)13-5-6-14(8-11-4-7-18-9-11)19(16,17)12-2-3-12/h4,7,9,12H,2-3,5-6,8H2,1H3,(H,13,15). The molecule has 106 valence electrons. The molecule has 1 heterocycles. The monoisotopic (exact) mass is 302 g/mol. The lowest BCUT2D eigenvalue weighted by atomic mass is 10.3. The number of carbonyl (C=O) groups is 1. The SMILES string of the molecule is CC(=O)NCCN(Cc1ccsc1)S(=O)(=O)C1CC1. The molecule has 0 spiro atoms. The highest BCUT2D eigenvalue weighted by atomic mass is 32.2. The van der Waals surface area contributed by atoms with E-state index in [0.29, 0.717) is 19.6 Å². The number of rotatable bonds is 7. The first kappa shape index (κ1) is 14.5. The van der Waals surface area contributed by atoms with Crippen molar-refractivity contribution in [3.05, 3.63) is 22.4 Å². The second-order valence-corrected chi connectivity index (χ2v) is 7.69. The van der Waals surface area contributed by atoms with Crippen molar-refractivity contribution in [1.82, 2.24) is 9.62 Å². The van der Waals surface area contributed by atoms with Crippen LogP contribution in [0.4, 0.5) is 0 Å². The van der Waals surface area contributed by atoms with Crippen molar-refractivity contribution in [2.24, 2.45) is 0 Å². The Labute approximate surface area is 117 Å². The molecule has 0 radical (unpaired) electrons. The number of amides is 1. The van der Waals surface area contributed by atoms with Gasteiger partial charge in [0.1, 0.15) is 0 Å². The molecule has 1 saturated carbocycles. The summed E-state index contributed by atoms with van der Waals surface area (Å²) >= 11 is 1.55. The van der Waals surface area contributed by atoms with Crippen molar-refractivity contribution in [1.29, 1.82) is 0 Å². The van der Waals surface area contributed by atoms with Gasteiger partial charge in [-0.1, -0.05) is 0 Å². The van der Waals surface area contributed by atoms with Crippen LogP contribution in [0.3, 0.4) is 0 Å². The molecule has 0 unspecified atom stereocenters. The Morgan fingerprint density at radius 1 is 1.53 bits per heavy atom. The molecule has 0 saturated heterocycles. The van der Waals surface area contributed by atoms with E-state index >= 15 is 0 Å². The predicted octanol–water partition coefficient (Wildman–Crippen LogP) is 1.18. The van der Waals surface area contributed by atoms with Gasteiger partial charge < -0.3 is 5.32 Å². The molecule has 0 aliphatic heterocycles. The van der Waals surface area contributed by atoms with Gasteiger partial charge in [0, 0.05) is 26.6 Å². The van der Waals surface area contributed by atoms with Gasteiger partial charge in [0.25, 0.3) is 0 Å². The number of sulfonamides is 1. The molecule has 0 bridgehead atoms. The first-order valence-electron chi connectivity index (χ1n) is 6.24. The third kappa shape index (κ3) is 4.02. The Kier molecular flexibility index (Phi) is 4.59. The largest absolute Gasteiger partial charge is 0.355 e. The van der Waals surface area contributed by atoms with E-state index in [1.54, 1.807) is 11.3 Å². The number of hydrogen-bond donors (Lipinski definition) is 1. The molecule has 1 amide bonds. The molecule has 1 aliphatic carbocycles. The van der Waals surface area contributed by atoms with Crippen LogP contribution in [0.25, 0.3) is 0 Å². The van der Waals surface area contributed by atoms with E-state index in [1.165, 1.54) is 11.2 Å². The van der Waals surface area contributed by atoms with Crippen molar-refractivity contribution >= 4 is 27.3 Å². The fraction of sp³-hybridized carbons (Fsp3) is 0.583. The number of hydrogen-bond acceptors (Lipinski definition) is 4. The average Bonchev–Trinajstić information content (AvgIpc) is 3.08. The zero-order chi connectivity index (χ0) is 13.9. The average molecular weight is 302 g/mol. The first-order chi connectivity index (χ1) is 9.00. The molecule has 0 atom stereocenters. The van der Waals surface area contributed by atoms with Crippen LogP contribution in [-0.4, -0.2) is 37.0 Å². The van der Waals surface area contributed by atoms with Gasteiger partial charge in [-0.3, -0.25) is 4.79 Å². The van der Waals surface area contributed by atoms with E-state index in [4.69, 9.17) is 0 Å². The summed E-state index contributed by atoms with van der Waals surface area (Å²) in [4.78, 5) is 10.9. The summed E-state index contributed by atoms with van der Waals surface area (Å²) in [5.74, 6) is -0.140. The molecule has 7 heteroatoms. The molecule has 1 N–H and O–H groups in total. The third-order valence-electron chi connectivity index (χ3n) is 2.98. The normalized spacial score (nSPS) is 15.7. The van der Waals surface area contributed by atoms with Crippen LogP contribution in [0.15, 0.2) is 16.8 Å². The lowest BCUT2D eigenvalue weighted by molar-refractivity contribution is -0.118. The minimum atomic E-state index is -3.22. The van der Waals surface area contributed by atoms with Gasteiger partial charge in [0.2, 0.25) is 15.9 Å². The molecule has 1 fully saturated rings. The van der Waals surface area contributed by atoms with Gasteiger partial charge in [0.05, 0.1) is 5.25 Å². The smallest absolute Gasteiger partial charge is 0.217 e. The maximum absolute atomic E-state index is 12.3. The van der Waals surface area contributed by atoms with E-state index in [-0.39, 0.29) is 11.2 Å². The topological polar surface area (TPSA) is 66.5 Å². The maximum atomic E-state index is 12.3. The van der Waals surface area contributed by atoms with Gasteiger partial charge >= 0.3 is 0 Å². The van der Waals surface area contributed by atoms with Gasteiger partial charge in [-0.15, -0.1) is 0 Å². The predicted molar refractivity (Wildman–Crippen MR) is 75.4 cm³/mol. The summed E-state index contributed by atoms with van der Waals surface area (Å²) in [6, 6.07) is 1.93. The Morgan fingerprint density at radius 2 is 2.26 bits per heavy atom. The summed E-state index contributed by atoms with van der Waals surface area (Å²) in [5.41, 5.74) is 0.997. The van der Waals surface area contributed by atoms with Crippen LogP contribution < -0.4 is 5.32 Å². The van der Waals surface area contributed by atoms with Gasteiger partial charge in [-0.05, 0) is 35.2 Å². The van der Waals surface area contributed by atoms with Crippen LogP contribution in [0.1, 0.15) is 25.3 Å². The van der Waals surface area contributed by atoms with Crippen LogP contribution in [-0.2, 0) is 21.4 Å². The van der Waals surface area contributed by atoms with Crippen molar-refractivity contribution < 1.29 is 13.2 Å². The number of nitrogens with zero attached hydrogens (tertiary/aromatic N) is 1. The highest BCUT2D eigenvalue weighted by Crippen LogP contribution is 2.31. The Bertz CT molecular complexity index is 521. The van der Waals surface area contributed by atoms with Crippen molar-refractivity contribution in [3.63, 3.8) is 0 Å². The van der Waals surface area contributed by atoms with Crippen molar-refractivity contribution in [2.45, 2.75) is 31.6 Å². The highest BCUT2D eigenvalue weighted by Gasteiger charge is 2.39. The summed E-state index contributed by atoms with van der Waals surface area (Å²) in [6.45, 7) is 2.50. The molecule has 2 rings (SSSR count). The second kappa shape index (κ2) is 6.02. The zero-order valence-corrected chi connectivity index (χ0v) is 12.5. The molecule has 5 nitrogen and oxygen atoms in total. The highest BCUT2D eigenvalue weighted by molar-refractivity contribution is 7.90. The fourth-order valence-corrected chi connectivity index (χ4v) is 4.30. The summed E-state index contributed by atoms with van der Waals surface area (Å²) in [6.07, 6.45) is 1.51. The molecular formula is C12H18N2O3S2. The molecule has 1 aromatic rings. The molecule has 0 aromatic carbocycles. The van der Waals surface area contributed by atoms with Gasteiger partial charge in [-0.25, -0.2) is 8.42 Å². The van der Waals surface area contributed by atoms with E-state index in [1.807, 2.05) is 16.8 Å². The van der Waals surface area contributed by atoms with Crippen LogP contribution in [0.5, 0.6) is 0 Å². The van der Waals surface area contributed by atoms with Gasteiger partial charge in [-0.2, -0.15) is 15.6 Å². The lowest BCUT2D eigenvalue weighted by Gasteiger charge is -2.21. The minimum Gasteiger partial charge on any atom is -0.355 e. The number of nitrogens with one attached hydrogen (secondary N) is 1. The number of carbonyl (C=O) groups excluding carboxylic acids is 1. The van der Waals surface area contributed by atoms with E-state index < -0.39 is 10.0 Å². The summed E-state index contributed by atoms with van der Waals surface area (Å²) in [5, 5.41) is 6.31. The first-order valence-corrected chi connectivity index (χ1v) is 8.69. The molecule has 1 aliphatic rings.